The average molecular weight is 498 g/mol. The van der Waals surface area contributed by atoms with Gasteiger partial charge >= 0.3 is 11.7 Å². The van der Waals surface area contributed by atoms with Crippen LogP contribution in [0, 0.1) is 0 Å². The Kier molecular flexibility index (Phi) is 8.08. The second-order valence-corrected chi connectivity index (χ2v) is 9.32. The van der Waals surface area contributed by atoms with Crippen LogP contribution in [-0.4, -0.2) is 50.5 Å². The second kappa shape index (κ2) is 10.1. The first-order valence-corrected chi connectivity index (χ1v) is 11.3. The van der Waals surface area contributed by atoms with E-state index in [1.54, 1.807) is 56.8 Å². The fourth-order valence-corrected chi connectivity index (χ4v) is 3.22. The van der Waals surface area contributed by atoms with Gasteiger partial charge in [0.25, 0.3) is 5.56 Å². The molecule has 1 aromatic carbocycles. The molecule has 0 bridgehead atoms. The van der Waals surface area contributed by atoms with Gasteiger partial charge in [-0.05, 0) is 63.5 Å². The molecular weight excluding hydrogens is 474 g/mol. The molecule has 0 radical (unpaired) electrons. The van der Waals surface area contributed by atoms with E-state index >= 15 is 0 Å². The standard InChI is InChI=1S/C20H24BrN3O5S/c1-20(2,3)29-18(27)15(9-10-30-4)22-11-14-16(25)23-19(28)24(17(14)26)13-7-5-12(21)6-8-13/h5-8,11,15,26H,9-10H2,1-4H3,(H,23,25,28)/t15-/m0/s1. The number of hydrogen-bond donors (Lipinski definition) is 2. The largest absolute Gasteiger partial charge is 0.493 e. The van der Waals surface area contributed by atoms with Crippen molar-refractivity contribution in [1.82, 2.24) is 9.55 Å². The Labute approximate surface area is 186 Å². The second-order valence-electron chi connectivity index (χ2n) is 7.42. The predicted molar refractivity (Wildman–Crippen MR) is 122 cm³/mol. The van der Waals surface area contributed by atoms with Crippen LogP contribution in [0.25, 0.3) is 5.69 Å². The topological polar surface area (TPSA) is 114 Å². The Hall–Kier alpha value is -2.33. The number of carbonyl (C=O) groups excluding carboxylic acids is 1. The van der Waals surface area contributed by atoms with Gasteiger partial charge in [0.15, 0.2) is 0 Å². The van der Waals surface area contributed by atoms with Gasteiger partial charge < -0.3 is 9.84 Å². The molecule has 0 aliphatic heterocycles. The molecule has 8 nitrogen and oxygen atoms in total. The quantitative estimate of drug-likeness (QED) is 0.449. The highest BCUT2D eigenvalue weighted by atomic mass is 79.9. The highest BCUT2D eigenvalue weighted by molar-refractivity contribution is 9.10. The lowest BCUT2D eigenvalue weighted by Crippen LogP contribution is -2.33. The van der Waals surface area contributed by atoms with Crippen molar-refractivity contribution in [2.24, 2.45) is 4.99 Å². The van der Waals surface area contributed by atoms with Crippen LogP contribution in [0.15, 0.2) is 43.3 Å². The zero-order valence-electron chi connectivity index (χ0n) is 17.1. The SMILES string of the molecule is CSCC[C@H](N=Cc1c(O)n(-c2ccc(Br)cc2)c(=O)[nH]c1=O)C(=O)OC(C)(C)C. The molecule has 0 fully saturated rings. The summed E-state index contributed by atoms with van der Waals surface area (Å²) < 4.78 is 7.15. The number of aromatic nitrogens is 2. The summed E-state index contributed by atoms with van der Waals surface area (Å²) in [6.45, 7) is 5.26. The lowest BCUT2D eigenvalue weighted by molar-refractivity contribution is -0.156. The average Bonchev–Trinajstić information content (AvgIpc) is 2.63. The van der Waals surface area contributed by atoms with Crippen LogP contribution in [0.4, 0.5) is 0 Å². The minimum atomic E-state index is -0.844. The van der Waals surface area contributed by atoms with Crippen molar-refractivity contribution >= 4 is 39.9 Å². The lowest BCUT2D eigenvalue weighted by atomic mass is 10.1. The third kappa shape index (κ3) is 6.33. The third-order valence-electron chi connectivity index (χ3n) is 3.86. The molecule has 0 aliphatic rings. The number of thioether (sulfide) groups is 1. The number of H-pyrrole nitrogens is 1. The van der Waals surface area contributed by atoms with Crippen molar-refractivity contribution in [3.8, 4) is 11.6 Å². The number of hydrogen-bond acceptors (Lipinski definition) is 7. The zero-order chi connectivity index (χ0) is 22.5. The molecule has 1 aromatic heterocycles. The normalized spacial score (nSPS) is 12.8. The first-order valence-electron chi connectivity index (χ1n) is 9.12. The van der Waals surface area contributed by atoms with Crippen molar-refractivity contribution in [2.75, 3.05) is 12.0 Å². The van der Waals surface area contributed by atoms with Gasteiger partial charge in [-0.25, -0.2) is 14.2 Å². The van der Waals surface area contributed by atoms with E-state index in [2.05, 4.69) is 25.9 Å². The van der Waals surface area contributed by atoms with Gasteiger partial charge in [0.1, 0.15) is 17.2 Å². The van der Waals surface area contributed by atoms with Crippen molar-refractivity contribution in [1.29, 1.82) is 0 Å². The van der Waals surface area contributed by atoms with E-state index in [1.807, 2.05) is 6.26 Å². The number of benzene rings is 1. The molecule has 10 heteroatoms. The third-order valence-corrected chi connectivity index (χ3v) is 5.04. The van der Waals surface area contributed by atoms with Gasteiger partial charge in [0, 0.05) is 10.7 Å². The van der Waals surface area contributed by atoms with Crippen molar-refractivity contribution < 1.29 is 14.6 Å². The van der Waals surface area contributed by atoms with Crippen LogP contribution >= 0.6 is 27.7 Å². The molecule has 0 amide bonds. The maximum atomic E-state index is 12.5. The fourth-order valence-electron chi connectivity index (χ4n) is 2.50. The molecule has 0 spiro atoms. The van der Waals surface area contributed by atoms with Crippen LogP contribution in [0.1, 0.15) is 32.8 Å². The first-order chi connectivity index (χ1) is 14.0. The van der Waals surface area contributed by atoms with Crippen molar-refractivity contribution in [3.63, 3.8) is 0 Å². The van der Waals surface area contributed by atoms with E-state index in [4.69, 9.17) is 4.74 Å². The molecule has 0 aliphatic carbocycles. The minimum absolute atomic E-state index is 0.227. The van der Waals surface area contributed by atoms with Gasteiger partial charge in [0.05, 0.1) is 5.69 Å². The number of rotatable bonds is 7. The highest BCUT2D eigenvalue weighted by Crippen LogP contribution is 2.19. The first kappa shape index (κ1) is 23.9. The molecule has 162 valence electrons. The molecule has 1 atom stereocenters. The number of ether oxygens (including phenoxy) is 1. The summed E-state index contributed by atoms with van der Waals surface area (Å²) in [6.07, 6.45) is 3.41. The van der Waals surface area contributed by atoms with Gasteiger partial charge in [-0.15, -0.1) is 0 Å². The molecule has 2 aromatic rings. The molecule has 2 rings (SSSR count). The number of nitrogens with one attached hydrogen (secondary N) is 1. The van der Waals surface area contributed by atoms with Crippen LogP contribution in [0.3, 0.4) is 0 Å². The monoisotopic (exact) mass is 497 g/mol. The number of nitrogens with zero attached hydrogens (tertiary/aromatic N) is 2. The van der Waals surface area contributed by atoms with Crippen LogP contribution < -0.4 is 11.2 Å². The summed E-state index contributed by atoms with van der Waals surface area (Å²) in [4.78, 5) is 43.4. The molecule has 0 saturated carbocycles. The summed E-state index contributed by atoms with van der Waals surface area (Å²) in [5, 5.41) is 10.6. The number of carbonyl (C=O) groups is 1. The minimum Gasteiger partial charge on any atom is -0.493 e. The maximum absolute atomic E-state index is 12.5. The molecular formula is C20H24BrN3O5S. The van der Waals surface area contributed by atoms with E-state index in [9.17, 15) is 19.5 Å². The summed E-state index contributed by atoms with van der Waals surface area (Å²) >= 11 is 4.85. The fraction of sp³-hybridized carbons (Fsp3) is 0.400. The highest BCUT2D eigenvalue weighted by Gasteiger charge is 2.24. The van der Waals surface area contributed by atoms with E-state index in [0.29, 0.717) is 17.9 Å². The summed E-state index contributed by atoms with van der Waals surface area (Å²) in [7, 11) is 0. The van der Waals surface area contributed by atoms with Gasteiger partial charge in [-0.3, -0.25) is 14.8 Å². The zero-order valence-corrected chi connectivity index (χ0v) is 19.5. The Balaban J connectivity index is 2.46. The number of aromatic hydroxyl groups is 1. The molecule has 2 N–H and O–H groups in total. The Morgan fingerprint density at radius 2 is 1.97 bits per heavy atom. The number of esters is 1. The molecule has 0 saturated heterocycles. The van der Waals surface area contributed by atoms with Gasteiger partial charge in [-0.2, -0.15) is 11.8 Å². The van der Waals surface area contributed by atoms with E-state index in [-0.39, 0.29) is 5.56 Å². The lowest BCUT2D eigenvalue weighted by Gasteiger charge is -2.22. The number of halogens is 1. The van der Waals surface area contributed by atoms with Gasteiger partial charge in [-0.1, -0.05) is 15.9 Å². The van der Waals surface area contributed by atoms with Crippen LogP contribution in [0.5, 0.6) is 5.88 Å². The smallest absolute Gasteiger partial charge is 0.335 e. The number of aromatic amines is 1. The van der Waals surface area contributed by atoms with Gasteiger partial charge in [0.2, 0.25) is 5.88 Å². The van der Waals surface area contributed by atoms with Crippen LogP contribution in [-0.2, 0) is 9.53 Å². The van der Waals surface area contributed by atoms with Crippen LogP contribution in [0.2, 0.25) is 0 Å². The number of aliphatic imine (C=N–C) groups is 1. The Morgan fingerprint density at radius 3 is 2.53 bits per heavy atom. The van der Waals surface area contributed by atoms with E-state index < -0.39 is 34.7 Å². The molecule has 30 heavy (non-hydrogen) atoms. The predicted octanol–water partition coefficient (Wildman–Crippen LogP) is 2.88. The van der Waals surface area contributed by atoms with Crippen molar-refractivity contribution in [2.45, 2.75) is 38.8 Å². The summed E-state index contributed by atoms with van der Waals surface area (Å²) in [5.74, 6) is -0.435. The molecule has 0 unspecified atom stereocenters. The Morgan fingerprint density at radius 1 is 1.33 bits per heavy atom. The summed E-state index contributed by atoms with van der Waals surface area (Å²) in [5.41, 5.74) is -2.14. The van der Waals surface area contributed by atoms with E-state index in [0.717, 1.165) is 15.3 Å². The van der Waals surface area contributed by atoms with E-state index in [1.165, 1.54) is 0 Å². The summed E-state index contributed by atoms with van der Waals surface area (Å²) in [6, 6.07) is 5.75. The molecule has 1 heterocycles. The maximum Gasteiger partial charge on any atom is 0.335 e. The van der Waals surface area contributed by atoms with Crippen molar-refractivity contribution in [3.05, 3.63) is 55.1 Å². The Bertz CT molecular complexity index is 1040.